The highest BCUT2D eigenvalue weighted by Gasteiger charge is 2.70. The lowest BCUT2D eigenvalue weighted by molar-refractivity contribution is -0.165. The van der Waals surface area contributed by atoms with Gasteiger partial charge in [0.25, 0.3) is 11.8 Å². The number of carboxylic acids is 1. The highest BCUT2D eigenvalue weighted by Crippen LogP contribution is 2.54. The van der Waals surface area contributed by atoms with Gasteiger partial charge in [0.1, 0.15) is 17.0 Å². The van der Waals surface area contributed by atoms with E-state index >= 15 is 0 Å². The first kappa shape index (κ1) is 18.4. The summed E-state index contributed by atoms with van der Waals surface area (Å²) in [5, 5.41) is 21.4. The van der Waals surface area contributed by atoms with Crippen molar-refractivity contribution in [2.75, 3.05) is 7.11 Å². The smallest absolute Gasteiger partial charge is 0.327 e. The second-order valence-electron chi connectivity index (χ2n) is 7.07. The first-order chi connectivity index (χ1) is 12.0. The Labute approximate surface area is 154 Å². The average Bonchev–Trinajstić information content (AvgIpc) is 2.84. The lowest BCUT2D eigenvalue weighted by atomic mass is 9.86. The van der Waals surface area contributed by atoms with Crippen molar-refractivity contribution >= 4 is 29.5 Å². The van der Waals surface area contributed by atoms with E-state index in [4.69, 9.17) is 4.74 Å². The third-order valence-corrected chi connectivity index (χ3v) is 6.58. The van der Waals surface area contributed by atoms with Gasteiger partial charge < -0.3 is 25.2 Å². The SMILES string of the molecule is COc1cc(C(=O)N[C@@]2(C)C(=O)N3[C@@H](C(=O)O)C(C)(C)S[C@@H]32)ccc1O. The number of benzene rings is 1. The minimum absolute atomic E-state index is 0.0986. The third kappa shape index (κ3) is 2.49. The number of carboxylic acid groups (broad SMARTS) is 1. The Morgan fingerprint density at radius 3 is 2.54 bits per heavy atom. The molecule has 9 heteroatoms. The predicted molar refractivity (Wildman–Crippen MR) is 94.3 cm³/mol. The molecule has 1 aromatic rings. The van der Waals surface area contributed by atoms with Crippen LogP contribution >= 0.6 is 11.8 Å². The highest BCUT2D eigenvalue weighted by atomic mass is 32.2. The van der Waals surface area contributed by atoms with Gasteiger partial charge in [0.05, 0.1) is 7.11 Å². The van der Waals surface area contributed by atoms with Gasteiger partial charge in [-0.2, -0.15) is 0 Å². The predicted octanol–water partition coefficient (Wildman–Crippen LogP) is 1.04. The van der Waals surface area contributed by atoms with Gasteiger partial charge in [-0.15, -0.1) is 11.8 Å². The molecule has 2 amide bonds. The molecular formula is C17H20N2O6S. The van der Waals surface area contributed by atoms with E-state index in [0.29, 0.717) is 0 Å². The summed E-state index contributed by atoms with van der Waals surface area (Å²) < 4.78 is 4.32. The number of hydrogen-bond acceptors (Lipinski definition) is 6. The van der Waals surface area contributed by atoms with E-state index in [1.807, 2.05) is 0 Å². The molecule has 0 saturated carbocycles. The number of β-lactam (4-membered cyclic amide) rings is 1. The molecule has 8 nitrogen and oxygen atoms in total. The summed E-state index contributed by atoms with van der Waals surface area (Å²) >= 11 is 1.36. The molecule has 3 N–H and O–H groups in total. The first-order valence-corrected chi connectivity index (χ1v) is 8.84. The van der Waals surface area contributed by atoms with Crippen LogP contribution in [0.5, 0.6) is 11.5 Å². The molecule has 2 aliphatic rings. The fraction of sp³-hybridized carbons (Fsp3) is 0.471. The Morgan fingerprint density at radius 1 is 1.31 bits per heavy atom. The monoisotopic (exact) mass is 380 g/mol. The van der Waals surface area contributed by atoms with Crippen molar-refractivity contribution in [3.63, 3.8) is 0 Å². The molecule has 0 radical (unpaired) electrons. The summed E-state index contributed by atoms with van der Waals surface area (Å²) in [5.74, 6) is -1.94. The lowest BCUT2D eigenvalue weighted by Crippen LogP contribution is -2.78. The number of phenolic OH excluding ortho intramolecular Hbond substituents is 1. The Kier molecular flexibility index (Phi) is 4.10. The van der Waals surface area contributed by atoms with Crippen LogP contribution < -0.4 is 10.1 Å². The van der Waals surface area contributed by atoms with E-state index in [1.165, 1.54) is 42.0 Å². The number of nitrogens with zero attached hydrogens (tertiary/aromatic N) is 1. The molecule has 2 saturated heterocycles. The maximum atomic E-state index is 12.7. The maximum Gasteiger partial charge on any atom is 0.327 e. The van der Waals surface area contributed by atoms with Gasteiger partial charge in [-0.25, -0.2) is 4.79 Å². The number of aromatic hydroxyl groups is 1. The topological polar surface area (TPSA) is 116 Å². The Morgan fingerprint density at radius 2 is 1.96 bits per heavy atom. The average molecular weight is 380 g/mol. The van der Waals surface area contributed by atoms with Crippen LogP contribution in [-0.4, -0.2) is 61.7 Å². The minimum Gasteiger partial charge on any atom is -0.504 e. The number of rotatable bonds is 4. The standard InChI is InChI=1S/C17H20N2O6S/c1-16(2)11(13(22)23)19-14(24)17(3,15(19)26-16)18-12(21)8-5-6-9(20)10(7-8)25-4/h5-7,11,15,20H,1-4H3,(H,18,21)(H,22,23)/t11-,15+,17-/m0/s1. The van der Waals surface area contributed by atoms with Crippen LogP contribution in [0.25, 0.3) is 0 Å². The molecule has 26 heavy (non-hydrogen) atoms. The number of aliphatic carboxylic acids is 1. The van der Waals surface area contributed by atoms with E-state index in [9.17, 15) is 24.6 Å². The zero-order chi connectivity index (χ0) is 19.4. The van der Waals surface area contributed by atoms with E-state index in [0.717, 1.165) is 0 Å². The first-order valence-electron chi connectivity index (χ1n) is 7.96. The molecule has 0 unspecified atom stereocenters. The summed E-state index contributed by atoms with van der Waals surface area (Å²) in [7, 11) is 1.37. The summed E-state index contributed by atoms with van der Waals surface area (Å²) in [4.78, 5) is 38.2. The molecule has 2 aliphatic heterocycles. The number of amides is 2. The highest BCUT2D eigenvalue weighted by molar-refractivity contribution is 8.01. The van der Waals surface area contributed by atoms with E-state index in [2.05, 4.69) is 5.32 Å². The number of ether oxygens (including phenoxy) is 1. The van der Waals surface area contributed by atoms with Gasteiger partial charge >= 0.3 is 5.97 Å². The van der Waals surface area contributed by atoms with Crippen LogP contribution in [0.1, 0.15) is 31.1 Å². The van der Waals surface area contributed by atoms with Gasteiger partial charge in [-0.05, 0) is 39.0 Å². The molecule has 2 fully saturated rings. The quantitative estimate of drug-likeness (QED) is 0.668. The zero-order valence-electron chi connectivity index (χ0n) is 14.8. The minimum atomic E-state index is -1.20. The van der Waals surface area contributed by atoms with Crippen LogP contribution in [0.4, 0.5) is 0 Å². The van der Waals surface area contributed by atoms with E-state index < -0.39 is 39.5 Å². The van der Waals surface area contributed by atoms with Crippen molar-refractivity contribution in [1.82, 2.24) is 10.2 Å². The molecule has 3 atom stereocenters. The molecule has 0 bridgehead atoms. The lowest BCUT2D eigenvalue weighted by Gasteiger charge is -2.51. The molecule has 3 rings (SSSR count). The summed E-state index contributed by atoms with van der Waals surface area (Å²) in [6, 6.07) is 3.19. The Bertz CT molecular complexity index is 810. The third-order valence-electron chi connectivity index (χ3n) is 4.83. The van der Waals surface area contributed by atoms with Crippen molar-refractivity contribution < 1.29 is 29.3 Å². The van der Waals surface area contributed by atoms with E-state index in [1.54, 1.807) is 20.8 Å². The van der Waals surface area contributed by atoms with Gasteiger partial charge in [-0.1, -0.05) is 0 Å². The van der Waals surface area contributed by atoms with Crippen LogP contribution in [0.2, 0.25) is 0 Å². The van der Waals surface area contributed by atoms with Crippen LogP contribution in [0, 0.1) is 0 Å². The van der Waals surface area contributed by atoms with Crippen molar-refractivity contribution in [3.8, 4) is 11.5 Å². The van der Waals surface area contributed by atoms with Crippen molar-refractivity contribution in [1.29, 1.82) is 0 Å². The van der Waals surface area contributed by atoms with Crippen molar-refractivity contribution in [2.24, 2.45) is 0 Å². The fourth-order valence-corrected chi connectivity index (χ4v) is 5.11. The number of fused-ring (bicyclic) bond motifs is 1. The van der Waals surface area contributed by atoms with Gasteiger partial charge in [0, 0.05) is 10.3 Å². The molecule has 0 spiro atoms. The molecular weight excluding hydrogens is 360 g/mol. The number of hydrogen-bond donors (Lipinski definition) is 3. The van der Waals surface area contributed by atoms with Crippen molar-refractivity contribution in [3.05, 3.63) is 23.8 Å². The second kappa shape index (κ2) is 5.80. The van der Waals surface area contributed by atoms with Crippen molar-refractivity contribution in [2.45, 2.75) is 42.5 Å². The maximum absolute atomic E-state index is 12.7. The van der Waals surface area contributed by atoms with Gasteiger partial charge in [-0.3, -0.25) is 9.59 Å². The number of phenols is 1. The Balaban J connectivity index is 1.84. The second-order valence-corrected chi connectivity index (χ2v) is 8.80. The van der Waals surface area contributed by atoms with Gasteiger partial charge in [0.2, 0.25) is 0 Å². The number of carbonyl (C=O) groups excluding carboxylic acids is 2. The summed E-state index contributed by atoms with van der Waals surface area (Å²) in [5.41, 5.74) is -0.974. The number of carbonyl (C=O) groups is 3. The Hall–Kier alpha value is -2.42. The number of nitrogens with one attached hydrogen (secondary N) is 1. The van der Waals surface area contributed by atoms with Gasteiger partial charge in [0.15, 0.2) is 11.5 Å². The summed E-state index contributed by atoms with van der Waals surface area (Å²) in [6.45, 7) is 5.14. The van der Waals surface area contributed by atoms with Crippen LogP contribution in [0.3, 0.4) is 0 Å². The van der Waals surface area contributed by atoms with E-state index in [-0.39, 0.29) is 17.1 Å². The molecule has 140 valence electrons. The van der Waals surface area contributed by atoms with Crippen LogP contribution in [-0.2, 0) is 9.59 Å². The number of thioether (sulfide) groups is 1. The normalized spacial score (nSPS) is 28.9. The largest absolute Gasteiger partial charge is 0.504 e. The molecule has 0 aromatic heterocycles. The van der Waals surface area contributed by atoms with Crippen LogP contribution in [0.15, 0.2) is 18.2 Å². The fourth-order valence-electron chi connectivity index (χ4n) is 3.47. The number of methoxy groups -OCH3 is 1. The molecule has 2 heterocycles. The molecule has 0 aliphatic carbocycles. The molecule has 1 aromatic carbocycles. The summed E-state index contributed by atoms with van der Waals surface area (Å²) in [6.07, 6.45) is 0. The zero-order valence-corrected chi connectivity index (χ0v) is 15.6.